The van der Waals surface area contributed by atoms with Crippen molar-refractivity contribution in [3.8, 4) is 5.75 Å². The molecule has 0 saturated carbocycles. The van der Waals surface area contributed by atoms with Crippen molar-refractivity contribution < 1.29 is 14.5 Å². The predicted molar refractivity (Wildman–Crippen MR) is 78.4 cm³/mol. The first-order chi connectivity index (χ1) is 10.1. The molecule has 2 aromatic rings. The first-order valence-electron chi connectivity index (χ1n) is 6.29. The van der Waals surface area contributed by atoms with E-state index in [1.807, 2.05) is 6.07 Å². The lowest BCUT2D eigenvalue weighted by Crippen LogP contribution is -2.20. The minimum absolute atomic E-state index is 0.0308. The van der Waals surface area contributed by atoms with E-state index in [4.69, 9.17) is 4.74 Å². The molecule has 2 aromatic carbocycles. The molecule has 0 saturated heterocycles. The summed E-state index contributed by atoms with van der Waals surface area (Å²) in [6, 6.07) is 13.5. The molecule has 0 atom stereocenters. The Morgan fingerprint density at radius 1 is 1.24 bits per heavy atom. The van der Waals surface area contributed by atoms with Crippen LogP contribution in [0.4, 0.5) is 11.4 Å². The topological polar surface area (TPSA) is 81.5 Å². The summed E-state index contributed by atoms with van der Waals surface area (Å²) in [5, 5.41) is 13.4. The van der Waals surface area contributed by atoms with Gasteiger partial charge < -0.3 is 10.1 Å². The smallest absolute Gasteiger partial charge is 0.274 e. The van der Waals surface area contributed by atoms with Crippen molar-refractivity contribution >= 4 is 17.3 Å². The van der Waals surface area contributed by atoms with Crippen LogP contribution in [0.1, 0.15) is 5.56 Å². The van der Waals surface area contributed by atoms with Crippen molar-refractivity contribution in [1.82, 2.24) is 0 Å². The Bertz CT molecular complexity index is 656. The van der Waals surface area contributed by atoms with E-state index in [-0.39, 0.29) is 18.2 Å². The molecule has 108 valence electrons. The number of para-hydroxylation sites is 1. The number of hydrogen-bond acceptors (Lipinski definition) is 4. The molecule has 0 unspecified atom stereocenters. The van der Waals surface area contributed by atoms with Crippen LogP contribution in [0.15, 0.2) is 48.5 Å². The Balaban J connectivity index is 1.97. The number of carbonyl (C=O) groups is 1. The maximum Gasteiger partial charge on any atom is 0.274 e. The van der Waals surface area contributed by atoms with E-state index in [0.29, 0.717) is 17.0 Å². The van der Waals surface area contributed by atoms with Crippen LogP contribution < -0.4 is 10.1 Å². The highest BCUT2D eigenvalue weighted by Gasteiger charge is 2.12. The van der Waals surface area contributed by atoms with Gasteiger partial charge in [0.05, 0.1) is 4.92 Å². The molecule has 0 heterocycles. The second-order valence-electron chi connectivity index (χ2n) is 4.41. The summed E-state index contributed by atoms with van der Waals surface area (Å²) in [5.74, 6) is 0.208. The molecule has 1 N–H and O–H groups in total. The average Bonchev–Trinajstić information content (AvgIpc) is 2.48. The zero-order chi connectivity index (χ0) is 15.2. The number of benzene rings is 2. The molecule has 0 aliphatic heterocycles. The number of nitrogens with zero attached hydrogens (tertiary/aromatic N) is 1. The molecule has 1 amide bonds. The first-order valence-corrected chi connectivity index (χ1v) is 6.29. The highest BCUT2D eigenvalue weighted by molar-refractivity contribution is 5.92. The lowest BCUT2D eigenvalue weighted by Gasteiger charge is -2.08. The van der Waals surface area contributed by atoms with E-state index in [2.05, 4.69) is 5.32 Å². The number of nitro benzene ring substituents is 1. The minimum atomic E-state index is -0.481. The Hall–Kier alpha value is -2.89. The van der Waals surface area contributed by atoms with Gasteiger partial charge in [-0.2, -0.15) is 0 Å². The van der Waals surface area contributed by atoms with Gasteiger partial charge in [-0.15, -0.1) is 0 Å². The van der Waals surface area contributed by atoms with E-state index in [0.717, 1.165) is 0 Å². The summed E-state index contributed by atoms with van der Waals surface area (Å²) >= 11 is 0. The number of rotatable bonds is 5. The fraction of sp³-hybridized carbons (Fsp3) is 0.133. The van der Waals surface area contributed by atoms with E-state index >= 15 is 0 Å². The number of amides is 1. The Morgan fingerprint density at radius 3 is 2.62 bits per heavy atom. The molecule has 0 radical (unpaired) electrons. The summed E-state index contributed by atoms with van der Waals surface area (Å²) < 4.78 is 5.30. The second-order valence-corrected chi connectivity index (χ2v) is 4.41. The zero-order valence-electron chi connectivity index (χ0n) is 11.4. The molecule has 2 rings (SSSR count). The molecule has 21 heavy (non-hydrogen) atoms. The van der Waals surface area contributed by atoms with Crippen molar-refractivity contribution in [3.63, 3.8) is 0 Å². The molecule has 0 bridgehead atoms. The van der Waals surface area contributed by atoms with Crippen LogP contribution in [0.3, 0.4) is 0 Å². The van der Waals surface area contributed by atoms with Gasteiger partial charge in [-0.05, 0) is 25.1 Å². The Kier molecular flexibility index (Phi) is 4.50. The van der Waals surface area contributed by atoms with E-state index in [9.17, 15) is 14.9 Å². The Morgan fingerprint density at radius 2 is 1.95 bits per heavy atom. The number of carbonyl (C=O) groups excluding carboxylic acids is 1. The molecule has 0 aromatic heterocycles. The third-order valence-corrected chi connectivity index (χ3v) is 2.80. The lowest BCUT2D eigenvalue weighted by atomic mass is 10.2. The van der Waals surface area contributed by atoms with Crippen molar-refractivity contribution in [2.75, 3.05) is 11.9 Å². The molecule has 6 heteroatoms. The van der Waals surface area contributed by atoms with Gasteiger partial charge in [-0.3, -0.25) is 14.9 Å². The number of aryl methyl sites for hydroxylation is 1. The van der Waals surface area contributed by atoms with Crippen molar-refractivity contribution in [3.05, 3.63) is 64.2 Å². The van der Waals surface area contributed by atoms with Gasteiger partial charge in [0.25, 0.3) is 11.6 Å². The van der Waals surface area contributed by atoms with Crippen molar-refractivity contribution in [1.29, 1.82) is 0 Å². The van der Waals surface area contributed by atoms with Crippen LogP contribution in [0, 0.1) is 17.0 Å². The van der Waals surface area contributed by atoms with Gasteiger partial charge in [0.15, 0.2) is 6.61 Å². The number of anilines is 1. The largest absolute Gasteiger partial charge is 0.484 e. The van der Waals surface area contributed by atoms with Crippen molar-refractivity contribution in [2.45, 2.75) is 6.92 Å². The summed E-state index contributed by atoms with van der Waals surface area (Å²) in [7, 11) is 0. The number of nitrogens with one attached hydrogen (secondary N) is 1. The van der Waals surface area contributed by atoms with Gasteiger partial charge in [0.1, 0.15) is 5.75 Å². The van der Waals surface area contributed by atoms with Crippen molar-refractivity contribution in [2.24, 2.45) is 0 Å². The van der Waals surface area contributed by atoms with E-state index in [1.54, 1.807) is 43.3 Å². The van der Waals surface area contributed by atoms with Crippen LogP contribution in [-0.2, 0) is 4.79 Å². The fourth-order valence-electron chi connectivity index (χ4n) is 1.75. The number of ether oxygens (including phenoxy) is 1. The maximum atomic E-state index is 11.7. The standard InChI is InChI=1S/C15H14N2O4/c1-11-7-8-12(9-14(11)17(19)20)16-15(18)10-21-13-5-3-2-4-6-13/h2-9H,10H2,1H3,(H,16,18). The maximum absolute atomic E-state index is 11.7. The summed E-state index contributed by atoms with van der Waals surface area (Å²) in [5.41, 5.74) is 0.879. The molecular formula is C15H14N2O4. The zero-order valence-corrected chi connectivity index (χ0v) is 11.4. The Labute approximate surface area is 121 Å². The van der Waals surface area contributed by atoms with Gasteiger partial charge in [0, 0.05) is 17.3 Å². The highest BCUT2D eigenvalue weighted by Crippen LogP contribution is 2.22. The lowest BCUT2D eigenvalue weighted by molar-refractivity contribution is -0.385. The third kappa shape index (κ3) is 4.04. The van der Waals surface area contributed by atoms with Gasteiger partial charge in [-0.1, -0.05) is 24.3 Å². The van der Waals surface area contributed by atoms with Crippen LogP contribution in [-0.4, -0.2) is 17.4 Å². The summed E-state index contributed by atoms with van der Waals surface area (Å²) in [6.07, 6.45) is 0. The van der Waals surface area contributed by atoms with E-state index in [1.165, 1.54) is 6.07 Å². The average molecular weight is 286 g/mol. The number of hydrogen-bond donors (Lipinski definition) is 1. The summed E-state index contributed by atoms with van der Waals surface area (Å²) in [4.78, 5) is 22.1. The first kappa shape index (κ1) is 14.5. The van der Waals surface area contributed by atoms with Crippen LogP contribution in [0.5, 0.6) is 5.75 Å². The van der Waals surface area contributed by atoms with Gasteiger partial charge in [0.2, 0.25) is 0 Å². The summed E-state index contributed by atoms with van der Waals surface area (Å²) in [6.45, 7) is 1.48. The molecule has 0 aliphatic rings. The van der Waals surface area contributed by atoms with Gasteiger partial charge in [-0.25, -0.2) is 0 Å². The normalized spacial score (nSPS) is 9.95. The monoisotopic (exact) mass is 286 g/mol. The van der Waals surface area contributed by atoms with Crippen LogP contribution in [0.25, 0.3) is 0 Å². The quantitative estimate of drug-likeness (QED) is 0.676. The predicted octanol–water partition coefficient (Wildman–Crippen LogP) is 2.92. The highest BCUT2D eigenvalue weighted by atomic mass is 16.6. The van der Waals surface area contributed by atoms with Crippen LogP contribution >= 0.6 is 0 Å². The second kappa shape index (κ2) is 6.51. The minimum Gasteiger partial charge on any atom is -0.484 e. The van der Waals surface area contributed by atoms with E-state index < -0.39 is 4.92 Å². The fourth-order valence-corrected chi connectivity index (χ4v) is 1.75. The molecule has 0 spiro atoms. The third-order valence-electron chi connectivity index (χ3n) is 2.80. The molecule has 0 aliphatic carbocycles. The molecule has 0 fully saturated rings. The molecule has 6 nitrogen and oxygen atoms in total. The SMILES string of the molecule is Cc1ccc(NC(=O)COc2ccccc2)cc1[N+](=O)[O-]. The van der Waals surface area contributed by atoms with Crippen LogP contribution in [0.2, 0.25) is 0 Å². The molecular weight excluding hydrogens is 272 g/mol. The number of nitro groups is 1. The van der Waals surface area contributed by atoms with Gasteiger partial charge >= 0.3 is 0 Å².